The summed E-state index contributed by atoms with van der Waals surface area (Å²) in [5.41, 5.74) is 6.95. The summed E-state index contributed by atoms with van der Waals surface area (Å²) in [6.07, 6.45) is 6.67. The fourth-order valence-corrected chi connectivity index (χ4v) is 3.44. The summed E-state index contributed by atoms with van der Waals surface area (Å²) in [5, 5.41) is 9.82. The minimum absolute atomic E-state index is 0.169. The van der Waals surface area contributed by atoms with Gasteiger partial charge in [0, 0.05) is 6.54 Å². The molecule has 1 unspecified atom stereocenters. The molecule has 0 radical (unpaired) electrons. The lowest BCUT2D eigenvalue weighted by Crippen LogP contribution is -2.44. The summed E-state index contributed by atoms with van der Waals surface area (Å²) in [4.78, 5) is 12.0. The molecule has 2 rings (SSSR count). The molecule has 1 saturated carbocycles. The molecule has 3 heteroatoms. The second-order valence-corrected chi connectivity index (χ2v) is 6.17. The molecule has 1 aliphatic carbocycles. The molecule has 1 aliphatic rings. The molecular weight excluding hydrogens is 250 g/mol. The molecular formula is C17H25NO2. The number of carbonyl (C=O) groups is 1. The lowest BCUT2D eigenvalue weighted by Gasteiger charge is -2.34. The van der Waals surface area contributed by atoms with Crippen molar-refractivity contribution >= 4 is 5.97 Å². The van der Waals surface area contributed by atoms with E-state index in [1.807, 2.05) is 31.2 Å². The second-order valence-electron chi connectivity index (χ2n) is 6.17. The molecule has 0 aromatic heterocycles. The Labute approximate surface area is 121 Å². The van der Waals surface area contributed by atoms with E-state index in [0.717, 1.165) is 24.0 Å². The predicted octanol–water partition coefficient (Wildman–Crippen LogP) is 3.25. The van der Waals surface area contributed by atoms with Crippen LogP contribution in [0.15, 0.2) is 24.3 Å². The zero-order valence-corrected chi connectivity index (χ0v) is 12.3. The van der Waals surface area contributed by atoms with Gasteiger partial charge in [-0.1, -0.05) is 61.9 Å². The lowest BCUT2D eigenvalue weighted by atomic mass is 9.70. The Bertz CT molecular complexity index is 466. The quantitative estimate of drug-likeness (QED) is 0.867. The molecule has 0 saturated heterocycles. The standard InChI is InChI=1S/C17H25NO2/c1-13-6-5-9-15(10-13)17(12-18,16(19)20)11-14-7-3-2-4-8-14/h5-6,9-10,14H,2-4,7-8,11-12,18H2,1H3,(H,19,20). The largest absolute Gasteiger partial charge is 0.481 e. The van der Waals surface area contributed by atoms with Crippen LogP contribution in [0.2, 0.25) is 0 Å². The molecule has 3 nitrogen and oxygen atoms in total. The van der Waals surface area contributed by atoms with E-state index < -0.39 is 11.4 Å². The number of benzene rings is 1. The predicted molar refractivity (Wildman–Crippen MR) is 80.7 cm³/mol. The van der Waals surface area contributed by atoms with Crippen LogP contribution in [0.25, 0.3) is 0 Å². The maximum atomic E-state index is 12.0. The van der Waals surface area contributed by atoms with Gasteiger partial charge in [0.15, 0.2) is 0 Å². The van der Waals surface area contributed by atoms with E-state index in [4.69, 9.17) is 5.73 Å². The normalized spacial score (nSPS) is 19.5. The van der Waals surface area contributed by atoms with Crippen molar-refractivity contribution in [2.45, 2.75) is 50.9 Å². The van der Waals surface area contributed by atoms with E-state index >= 15 is 0 Å². The SMILES string of the molecule is Cc1cccc(C(CN)(CC2CCCCC2)C(=O)O)c1. The summed E-state index contributed by atoms with van der Waals surface area (Å²) < 4.78 is 0. The van der Waals surface area contributed by atoms with Gasteiger partial charge in [-0.3, -0.25) is 4.79 Å². The highest BCUT2D eigenvalue weighted by Crippen LogP contribution is 2.37. The number of aryl methyl sites for hydroxylation is 1. The molecule has 0 aliphatic heterocycles. The van der Waals surface area contributed by atoms with Gasteiger partial charge >= 0.3 is 5.97 Å². The van der Waals surface area contributed by atoms with E-state index in [0.29, 0.717) is 12.3 Å². The van der Waals surface area contributed by atoms with Gasteiger partial charge < -0.3 is 10.8 Å². The molecule has 0 bridgehead atoms. The fraction of sp³-hybridized carbons (Fsp3) is 0.588. The van der Waals surface area contributed by atoms with Crippen molar-refractivity contribution in [2.75, 3.05) is 6.54 Å². The maximum Gasteiger partial charge on any atom is 0.315 e. The Balaban J connectivity index is 2.31. The van der Waals surface area contributed by atoms with Crippen LogP contribution in [0, 0.1) is 12.8 Å². The highest BCUT2D eigenvalue weighted by atomic mass is 16.4. The third-order valence-electron chi connectivity index (χ3n) is 4.69. The van der Waals surface area contributed by atoms with E-state index in [9.17, 15) is 9.90 Å². The van der Waals surface area contributed by atoms with Gasteiger partial charge in [0.05, 0.1) is 0 Å². The molecule has 0 amide bonds. The molecule has 110 valence electrons. The van der Waals surface area contributed by atoms with Gasteiger partial charge in [-0.15, -0.1) is 0 Å². The number of hydrogen-bond donors (Lipinski definition) is 2. The van der Waals surface area contributed by atoms with Gasteiger partial charge in [0.1, 0.15) is 5.41 Å². The van der Waals surface area contributed by atoms with Crippen LogP contribution in [0.1, 0.15) is 49.7 Å². The minimum Gasteiger partial charge on any atom is -0.481 e. The summed E-state index contributed by atoms with van der Waals surface area (Å²) in [5.74, 6) is -0.292. The molecule has 1 aromatic rings. The van der Waals surface area contributed by atoms with Crippen molar-refractivity contribution in [3.05, 3.63) is 35.4 Å². The van der Waals surface area contributed by atoms with Crippen LogP contribution < -0.4 is 5.73 Å². The number of nitrogens with two attached hydrogens (primary N) is 1. The van der Waals surface area contributed by atoms with Crippen molar-refractivity contribution in [2.24, 2.45) is 11.7 Å². The van der Waals surface area contributed by atoms with Crippen LogP contribution in [-0.2, 0) is 10.2 Å². The Morgan fingerprint density at radius 2 is 2.05 bits per heavy atom. The third kappa shape index (κ3) is 3.04. The topological polar surface area (TPSA) is 63.3 Å². The van der Waals surface area contributed by atoms with E-state index in [1.165, 1.54) is 19.3 Å². The Morgan fingerprint density at radius 3 is 2.60 bits per heavy atom. The van der Waals surface area contributed by atoms with Crippen LogP contribution in [-0.4, -0.2) is 17.6 Å². The molecule has 20 heavy (non-hydrogen) atoms. The number of carboxylic acid groups (broad SMARTS) is 1. The number of aliphatic carboxylic acids is 1. The first-order valence-corrected chi connectivity index (χ1v) is 7.59. The van der Waals surface area contributed by atoms with Crippen molar-refractivity contribution < 1.29 is 9.90 Å². The fourth-order valence-electron chi connectivity index (χ4n) is 3.44. The number of rotatable bonds is 5. The first-order chi connectivity index (χ1) is 9.58. The lowest BCUT2D eigenvalue weighted by molar-refractivity contribution is -0.144. The van der Waals surface area contributed by atoms with Crippen molar-refractivity contribution in [1.82, 2.24) is 0 Å². The van der Waals surface area contributed by atoms with Gasteiger partial charge in [0.25, 0.3) is 0 Å². The Kier molecular flexibility index (Phi) is 4.81. The number of hydrogen-bond acceptors (Lipinski definition) is 2. The zero-order valence-electron chi connectivity index (χ0n) is 12.3. The van der Waals surface area contributed by atoms with Crippen LogP contribution in [0.5, 0.6) is 0 Å². The number of carboxylic acids is 1. The third-order valence-corrected chi connectivity index (χ3v) is 4.69. The summed E-state index contributed by atoms with van der Waals surface area (Å²) in [6, 6.07) is 7.81. The molecule has 0 heterocycles. The molecule has 1 aromatic carbocycles. The average Bonchev–Trinajstić information content (AvgIpc) is 2.45. The first kappa shape index (κ1) is 15.0. The van der Waals surface area contributed by atoms with Gasteiger partial charge in [-0.05, 0) is 24.8 Å². The Morgan fingerprint density at radius 1 is 1.35 bits per heavy atom. The first-order valence-electron chi connectivity index (χ1n) is 7.59. The Hall–Kier alpha value is -1.35. The van der Waals surface area contributed by atoms with Crippen LogP contribution >= 0.6 is 0 Å². The van der Waals surface area contributed by atoms with Crippen LogP contribution in [0.4, 0.5) is 0 Å². The van der Waals surface area contributed by atoms with Gasteiger partial charge in [-0.25, -0.2) is 0 Å². The average molecular weight is 275 g/mol. The summed E-state index contributed by atoms with van der Waals surface area (Å²) in [7, 11) is 0. The zero-order chi connectivity index (χ0) is 14.6. The summed E-state index contributed by atoms with van der Waals surface area (Å²) in [6.45, 7) is 2.16. The van der Waals surface area contributed by atoms with Crippen molar-refractivity contribution in [3.8, 4) is 0 Å². The van der Waals surface area contributed by atoms with Gasteiger partial charge in [-0.2, -0.15) is 0 Å². The highest BCUT2D eigenvalue weighted by molar-refractivity contribution is 5.82. The molecule has 0 spiro atoms. The summed E-state index contributed by atoms with van der Waals surface area (Å²) >= 11 is 0. The van der Waals surface area contributed by atoms with E-state index in [2.05, 4.69) is 0 Å². The smallest absolute Gasteiger partial charge is 0.315 e. The second kappa shape index (κ2) is 6.40. The molecule has 3 N–H and O–H groups in total. The molecule has 1 atom stereocenters. The van der Waals surface area contributed by atoms with Gasteiger partial charge in [0.2, 0.25) is 0 Å². The monoisotopic (exact) mass is 275 g/mol. The van der Waals surface area contributed by atoms with Crippen molar-refractivity contribution in [3.63, 3.8) is 0 Å². The van der Waals surface area contributed by atoms with E-state index in [-0.39, 0.29) is 6.54 Å². The highest BCUT2D eigenvalue weighted by Gasteiger charge is 2.41. The van der Waals surface area contributed by atoms with E-state index in [1.54, 1.807) is 0 Å². The maximum absolute atomic E-state index is 12.0. The minimum atomic E-state index is -0.923. The van der Waals surface area contributed by atoms with Crippen molar-refractivity contribution in [1.29, 1.82) is 0 Å². The van der Waals surface area contributed by atoms with Crippen LogP contribution in [0.3, 0.4) is 0 Å². The molecule has 1 fully saturated rings.